The van der Waals surface area contributed by atoms with E-state index in [-0.39, 0.29) is 23.8 Å². The number of rotatable bonds is 6. The van der Waals surface area contributed by atoms with E-state index in [9.17, 15) is 9.59 Å². The second-order valence-electron chi connectivity index (χ2n) is 4.35. The first kappa shape index (κ1) is 14.2. The van der Waals surface area contributed by atoms with Crippen molar-refractivity contribution >= 4 is 23.8 Å². The van der Waals surface area contributed by atoms with E-state index < -0.39 is 12.1 Å². The van der Waals surface area contributed by atoms with Crippen molar-refractivity contribution < 1.29 is 24.5 Å². The SMILES string of the molecule is NCCCCC1=C(OC(=O)O)N2C(=O)[C@H](CO)[C@H]2S1. The Morgan fingerprint density at radius 2 is 2.21 bits per heavy atom. The van der Waals surface area contributed by atoms with Gasteiger partial charge in [-0.3, -0.25) is 9.69 Å². The molecule has 106 valence electrons. The van der Waals surface area contributed by atoms with Crippen LogP contribution in [-0.2, 0) is 9.53 Å². The molecule has 0 aromatic heterocycles. The number of β-lactam (4-membered cyclic amide) rings is 1. The lowest BCUT2D eigenvalue weighted by Crippen LogP contribution is -2.58. The summed E-state index contributed by atoms with van der Waals surface area (Å²) in [6, 6.07) is 0. The largest absolute Gasteiger partial charge is 0.512 e. The molecule has 0 aromatic carbocycles. The number of allylic oxidation sites excluding steroid dienone is 1. The minimum Gasteiger partial charge on any atom is -0.449 e. The molecule has 2 atom stereocenters. The van der Waals surface area contributed by atoms with Gasteiger partial charge in [0, 0.05) is 4.91 Å². The molecule has 1 fully saturated rings. The molecule has 0 unspecified atom stereocenters. The molecule has 2 heterocycles. The predicted octanol–water partition coefficient (Wildman–Crippen LogP) is 0.503. The van der Waals surface area contributed by atoms with Crippen LogP contribution in [0.4, 0.5) is 4.79 Å². The van der Waals surface area contributed by atoms with Crippen molar-refractivity contribution in [1.82, 2.24) is 4.90 Å². The Hall–Kier alpha value is -1.25. The van der Waals surface area contributed by atoms with Crippen LogP contribution >= 0.6 is 11.8 Å². The van der Waals surface area contributed by atoms with Gasteiger partial charge < -0.3 is 20.7 Å². The van der Waals surface area contributed by atoms with Gasteiger partial charge in [0.05, 0.1) is 12.5 Å². The van der Waals surface area contributed by atoms with Crippen molar-refractivity contribution in [2.45, 2.75) is 24.6 Å². The summed E-state index contributed by atoms with van der Waals surface area (Å²) in [5.74, 6) is -0.649. The summed E-state index contributed by atoms with van der Waals surface area (Å²) in [6.07, 6.45) is 0.826. The molecule has 2 rings (SSSR count). The summed E-state index contributed by atoms with van der Waals surface area (Å²) >= 11 is 1.39. The fourth-order valence-electron chi connectivity index (χ4n) is 2.16. The average molecular weight is 288 g/mol. The first-order valence-corrected chi connectivity index (χ1v) is 6.92. The number of hydrogen-bond acceptors (Lipinski definition) is 6. The normalized spacial score (nSPS) is 25.4. The minimum absolute atomic E-state index is 0.106. The second kappa shape index (κ2) is 5.81. The maximum absolute atomic E-state index is 11.8. The van der Waals surface area contributed by atoms with E-state index in [2.05, 4.69) is 0 Å². The number of carbonyl (C=O) groups is 2. The molecule has 0 aliphatic carbocycles. The highest BCUT2D eigenvalue weighted by atomic mass is 32.2. The number of amides is 1. The third-order valence-electron chi connectivity index (χ3n) is 3.11. The number of thioether (sulfide) groups is 1. The van der Waals surface area contributed by atoms with Gasteiger partial charge in [0.15, 0.2) is 0 Å². The maximum Gasteiger partial charge on any atom is 0.512 e. The molecule has 1 saturated heterocycles. The Labute approximate surface area is 114 Å². The lowest BCUT2D eigenvalue weighted by molar-refractivity contribution is -0.151. The Kier molecular flexibility index (Phi) is 4.33. The standard InChI is InChI=1S/C11H16N2O5S/c12-4-2-1-3-7-9(18-11(16)17)13-8(15)6(5-14)10(13)19-7/h6,10,14H,1-5,12H2,(H,16,17)/t6-,10+/m0/s1. The van der Waals surface area contributed by atoms with Crippen LogP contribution in [0, 0.1) is 5.92 Å². The monoisotopic (exact) mass is 288 g/mol. The number of nitrogens with zero attached hydrogens (tertiary/aromatic N) is 1. The van der Waals surface area contributed by atoms with Crippen LogP contribution in [0.1, 0.15) is 19.3 Å². The van der Waals surface area contributed by atoms with Crippen LogP contribution in [0.15, 0.2) is 10.8 Å². The van der Waals surface area contributed by atoms with E-state index in [1.165, 1.54) is 16.7 Å². The lowest BCUT2D eigenvalue weighted by Gasteiger charge is -2.40. The van der Waals surface area contributed by atoms with Gasteiger partial charge in [-0.15, -0.1) is 0 Å². The van der Waals surface area contributed by atoms with Gasteiger partial charge in [0.1, 0.15) is 5.37 Å². The van der Waals surface area contributed by atoms with Crippen LogP contribution in [0.25, 0.3) is 0 Å². The number of nitrogens with two attached hydrogens (primary N) is 1. The zero-order chi connectivity index (χ0) is 14.0. The summed E-state index contributed by atoms with van der Waals surface area (Å²) in [5, 5.41) is 17.6. The molecule has 7 nitrogen and oxygen atoms in total. The van der Waals surface area contributed by atoms with Crippen molar-refractivity contribution in [2.75, 3.05) is 13.2 Å². The summed E-state index contributed by atoms with van der Waals surface area (Å²) in [6.45, 7) is 0.335. The van der Waals surface area contributed by atoms with Crippen molar-refractivity contribution in [3.05, 3.63) is 10.8 Å². The number of carbonyl (C=O) groups excluding carboxylic acids is 1. The van der Waals surface area contributed by atoms with Crippen molar-refractivity contribution in [3.8, 4) is 0 Å². The predicted molar refractivity (Wildman–Crippen MR) is 67.8 cm³/mol. The molecule has 0 saturated carbocycles. The van der Waals surface area contributed by atoms with Crippen LogP contribution in [0.3, 0.4) is 0 Å². The first-order valence-electron chi connectivity index (χ1n) is 6.04. The van der Waals surface area contributed by atoms with Gasteiger partial charge in [-0.2, -0.15) is 0 Å². The van der Waals surface area contributed by atoms with Crippen LogP contribution < -0.4 is 5.73 Å². The highest BCUT2D eigenvalue weighted by Crippen LogP contribution is 2.50. The second-order valence-corrected chi connectivity index (χ2v) is 5.56. The number of ether oxygens (including phenoxy) is 1. The number of aliphatic hydroxyl groups excluding tert-OH is 1. The Morgan fingerprint density at radius 3 is 2.79 bits per heavy atom. The Morgan fingerprint density at radius 1 is 1.47 bits per heavy atom. The van der Waals surface area contributed by atoms with Gasteiger partial charge in [0.2, 0.25) is 11.8 Å². The molecule has 2 aliphatic heterocycles. The number of hydrogen-bond donors (Lipinski definition) is 3. The van der Waals surface area contributed by atoms with E-state index in [0.717, 1.165) is 17.7 Å². The zero-order valence-electron chi connectivity index (χ0n) is 10.2. The van der Waals surface area contributed by atoms with Crippen LogP contribution in [-0.4, -0.2) is 45.7 Å². The average Bonchev–Trinajstić information content (AvgIpc) is 2.64. The molecule has 2 aliphatic rings. The Balaban J connectivity index is 2.10. The third-order valence-corrected chi connectivity index (χ3v) is 4.56. The number of unbranched alkanes of at least 4 members (excludes halogenated alkanes) is 1. The maximum atomic E-state index is 11.8. The fourth-order valence-corrected chi connectivity index (χ4v) is 3.62. The third kappa shape index (κ3) is 2.56. The number of carboxylic acid groups (broad SMARTS) is 1. The van der Waals surface area contributed by atoms with Gasteiger partial charge in [-0.25, -0.2) is 4.79 Å². The van der Waals surface area contributed by atoms with E-state index >= 15 is 0 Å². The van der Waals surface area contributed by atoms with Gasteiger partial charge in [-0.1, -0.05) is 11.8 Å². The minimum atomic E-state index is -1.44. The quantitative estimate of drug-likeness (QED) is 0.370. The summed E-state index contributed by atoms with van der Waals surface area (Å²) in [4.78, 5) is 24.5. The fraction of sp³-hybridized carbons (Fsp3) is 0.636. The summed E-state index contributed by atoms with van der Waals surface area (Å²) in [7, 11) is 0. The van der Waals surface area contributed by atoms with Gasteiger partial charge in [0.25, 0.3) is 0 Å². The van der Waals surface area contributed by atoms with E-state index in [1.807, 2.05) is 0 Å². The number of aliphatic hydroxyl groups is 1. The highest BCUT2D eigenvalue weighted by molar-refractivity contribution is 8.04. The summed E-state index contributed by atoms with van der Waals surface area (Å²) in [5.41, 5.74) is 5.42. The molecule has 0 radical (unpaired) electrons. The molecule has 0 aromatic rings. The van der Waals surface area contributed by atoms with E-state index in [4.69, 9.17) is 20.7 Å². The van der Waals surface area contributed by atoms with E-state index in [1.54, 1.807) is 0 Å². The van der Waals surface area contributed by atoms with Gasteiger partial charge in [-0.05, 0) is 25.8 Å². The molecule has 19 heavy (non-hydrogen) atoms. The molecule has 8 heteroatoms. The van der Waals surface area contributed by atoms with Gasteiger partial charge >= 0.3 is 6.16 Å². The molecule has 0 spiro atoms. The number of fused-ring (bicyclic) bond motifs is 1. The molecule has 4 N–H and O–H groups in total. The van der Waals surface area contributed by atoms with E-state index in [0.29, 0.717) is 13.0 Å². The lowest BCUT2D eigenvalue weighted by atomic mass is 10.00. The zero-order valence-corrected chi connectivity index (χ0v) is 11.1. The first-order chi connectivity index (χ1) is 9.10. The molecular weight excluding hydrogens is 272 g/mol. The smallest absolute Gasteiger partial charge is 0.449 e. The van der Waals surface area contributed by atoms with Crippen molar-refractivity contribution in [3.63, 3.8) is 0 Å². The molecular formula is C11H16N2O5S. The van der Waals surface area contributed by atoms with Crippen molar-refractivity contribution in [1.29, 1.82) is 0 Å². The topological polar surface area (TPSA) is 113 Å². The molecule has 0 bridgehead atoms. The Bertz CT molecular complexity index is 425. The van der Waals surface area contributed by atoms with Crippen molar-refractivity contribution in [2.24, 2.45) is 11.7 Å². The highest BCUT2D eigenvalue weighted by Gasteiger charge is 2.55. The van der Waals surface area contributed by atoms with Crippen LogP contribution in [0.2, 0.25) is 0 Å². The summed E-state index contributed by atoms with van der Waals surface area (Å²) < 4.78 is 4.72. The van der Waals surface area contributed by atoms with Crippen LogP contribution in [0.5, 0.6) is 0 Å². The molecule has 1 amide bonds.